The van der Waals surface area contributed by atoms with Gasteiger partial charge in [-0.25, -0.2) is 4.79 Å². The Morgan fingerprint density at radius 1 is 1.09 bits per heavy atom. The number of para-hydroxylation sites is 1. The molecule has 0 unspecified atom stereocenters. The maximum Gasteiger partial charge on any atom is 0.319 e. The Hall–Kier alpha value is -2.89. The maximum absolute atomic E-state index is 12.3. The summed E-state index contributed by atoms with van der Waals surface area (Å²) in [5.74, 6) is -0.267. The van der Waals surface area contributed by atoms with Crippen molar-refractivity contribution in [3.63, 3.8) is 0 Å². The first kappa shape index (κ1) is 16.5. The zero-order valence-corrected chi connectivity index (χ0v) is 13.2. The minimum absolute atomic E-state index is 0.0140. The molecule has 2 rings (SSSR count). The molecule has 0 fully saturated rings. The zero-order chi connectivity index (χ0) is 16.7. The van der Waals surface area contributed by atoms with Crippen molar-refractivity contribution in [3.05, 3.63) is 59.9 Å². The summed E-state index contributed by atoms with van der Waals surface area (Å²) in [4.78, 5) is 28.3. The molecular formula is C17H20N4O2. The van der Waals surface area contributed by atoms with Crippen molar-refractivity contribution >= 4 is 17.6 Å². The Bertz CT molecular complexity index is 671. The second kappa shape index (κ2) is 7.93. The van der Waals surface area contributed by atoms with Crippen molar-refractivity contribution in [2.75, 3.05) is 5.32 Å². The number of rotatable bonds is 5. The maximum atomic E-state index is 12.3. The van der Waals surface area contributed by atoms with Crippen molar-refractivity contribution in [3.8, 4) is 0 Å². The summed E-state index contributed by atoms with van der Waals surface area (Å²) in [5, 5.41) is 8.21. The van der Waals surface area contributed by atoms with Gasteiger partial charge < -0.3 is 16.0 Å². The summed E-state index contributed by atoms with van der Waals surface area (Å²) >= 11 is 0. The van der Waals surface area contributed by atoms with Crippen LogP contribution in [-0.2, 0) is 6.54 Å². The van der Waals surface area contributed by atoms with Crippen molar-refractivity contribution in [1.82, 2.24) is 15.6 Å². The number of carbonyl (C=O) groups is 2. The van der Waals surface area contributed by atoms with Crippen LogP contribution in [0.15, 0.2) is 48.7 Å². The van der Waals surface area contributed by atoms with Crippen LogP contribution in [0.25, 0.3) is 0 Å². The highest BCUT2D eigenvalue weighted by Crippen LogP contribution is 2.15. The third-order valence-electron chi connectivity index (χ3n) is 3.00. The van der Waals surface area contributed by atoms with E-state index in [9.17, 15) is 9.59 Å². The zero-order valence-electron chi connectivity index (χ0n) is 13.2. The van der Waals surface area contributed by atoms with Gasteiger partial charge in [0, 0.05) is 12.2 Å². The Morgan fingerprint density at radius 2 is 1.83 bits per heavy atom. The van der Waals surface area contributed by atoms with E-state index in [0.29, 0.717) is 17.8 Å². The van der Waals surface area contributed by atoms with E-state index in [-0.39, 0.29) is 18.0 Å². The van der Waals surface area contributed by atoms with E-state index < -0.39 is 0 Å². The molecule has 1 heterocycles. The first-order chi connectivity index (χ1) is 11.1. The number of amides is 3. The van der Waals surface area contributed by atoms with E-state index in [1.807, 2.05) is 32.0 Å². The van der Waals surface area contributed by atoms with Crippen LogP contribution in [0.1, 0.15) is 29.9 Å². The van der Waals surface area contributed by atoms with Crippen molar-refractivity contribution in [2.24, 2.45) is 0 Å². The Balaban J connectivity index is 2.04. The molecule has 0 saturated heterocycles. The van der Waals surface area contributed by atoms with Crippen LogP contribution in [0.5, 0.6) is 0 Å². The predicted octanol–water partition coefficient (Wildman–Crippen LogP) is 2.54. The summed E-state index contributed by atoms with van der Waals surface area (Å²) < 4.78 is 0. The molecule has 120 valence electrons. The molecule has 0 atom stereocenters. The van der Waals surface area contributed by atoms with Crippen LogP contribution >= 0.6 is 0 Å². The fourth-order valence-corrected chi connectivity index (χ4v) is 1.98. The largest absolute Gasteiger partial charge is 0.346 e. The predicted molar refractivity (Wildman–Crippen MR) is 89.1 cm³/mol. The lowest BCUT2D eigenvalue weighted by Crippen LogP contribution is -2.35. The van der Waals surface area contributed by atoms with Gasteiger partial charge in [-0.05, 0) is 38.1 Å². The van der Waals surface area contributed by atoms with Gasteiger partial charge in [-0.15, -0.1) is 0 Å². The number of nitrogens with one attached hydrogen (secondary N) is 3. The number of carbonyl (C=O) groups excluding carboxylic acids is 2. The fraction of sp³-hybridized carbons (Fsp3) is 0.235. The molecule has 0 aliphatic rings. The van der Waals surface area contributed by atoms with E-state index >= 15 is 0 Å². The average Bonchev–Trinajstić information content (AvgIpc) is 2.53. The quantitative estimate of drug-likeness (QED) is 0.793. The van der Waals surface area contributed by atoms with Crippen LogP contribution in [0, 0.1) is 0 Å². The summed E-state index contributed by atoms with van der Waals surface area (Å²) in [7, 11) is 0. The van der Waals surface area contributed by atoms with Gasteiger partial charge >= 0.3 is 6.03 Å². The molecule has 1 aromatic heterocycles. The third-order valence-corrected chi connectivity index (χ3v) is 3.00. The lowest BCUT2D eigenvalue weighted by atomic mass is 10.1. The minimum Gasteiger partial charge on any atom is -0.346 e. The highest BCUT2D eigenvalue weighted by Gasteiger charge is 2.13. The third kappa shape index (κ3) is 5.10. The molecule has 0 bridgehead atoms. The summed E-state index contributed by atoms with van der Waals surface area (Å²) in [5.41, 5.74) is 1.63. The normalized spacial score (nSPS) is 10.2. The first-order valence-electron chi connectivity index (χ1n) is 7.41. The average molecular weight is 312 g/mol. The second-order valence-corrected chi connectivity index (χ2v) is 5.30. The fourth-order valence-electron chi connectivity index (χ4n) is 1.98. The van der Waals surface area contributed by atoms with Crippen LogP contribution < -0.4 is 16.0 Å². The molecule has 0 spiro atoms. The van der Waals surface area contributed by atoms with E-state index in [1.165, 1.54) is 0 Å². The monoisotopic (exact) mass is 312 g/mol. The summed E-state index contributed by atoms with van der Waals surface area (Å²) in [6.07, 6.45) is 1.67. The van der Waals surface area contributed by atoms with E-state index in [0.717, 1.165) is 5.69 Å². The number of hydrogen-bond acceptors (Lipinski definition) is 3. The molecule has 2 aromatic rings. The molecule has 0 saturated carbocycles. The van der Waals surface area contributed by atoms with Gasteiger partial charge in [0.1, 0.15) is 0 Å². The van der Waals surface area contributed by atoms with Crippen molar-refractivity contribution in [1.29, 1.82) is 0 Å². The molecule has 3 amide bonds. The number of pyridine rings is 1. The van der Waals surface area contributed by atoms with E-state index in [1.54, 1.807) is 30.5 Å². The molecule has 23 heavy (non-hydrogen) atoms. The Labute approximate surface area is 135 Å². The molecule has 0 aliphatic carbocycles. The summed E-state index contributed by atoms with van der Waals surface area (Å²) in [6, 6.07) is 12.1. The van der Waals surface area contributed by atoms with Crippen molar-refractivity contribution < 1.29 is 9.59 Å². The van der Waals surface area contributed by atoms with Gasteiger partial charge in [-0.2, -0.15) is 0 Å². The van der Waals surface area contributed by atoms with Gasteiger partial charge in [-0.1, -0.05) is 18.2 Å². The van der Waals surface area contributed by atoms with Crippen LogP contribution in [-0.4, -0.2) is 23.0 Å². The molecule has 6 nitrogen and oxygen atoms in total. The number of aromatic nitrogens is 1. The molecule has 3 N–H and O–H groups in total. The number of benzene rings is 1. The molecular weight excluding hydrogens is 292 g/mol. The molecule has 0 aliphatic heterocycles. The van der Waals surface area contributed by atoms with Crippen LogP contribution in [0.2, 0.25) is 0 Å². The Kier molecular flexibility index (Phi) is 5.68. The number of hydrogen-bond donors (Lipinski definition) is 3. The molecule has 6 heteroatoms. The van der Waals surface area contributed by atoms with E-state index in [4.69, 9.17) is 0 Å². The van der Waals surface area contributed by atoms with Gasteiger partial charge in [0.05, 0.1) is 23.5 Å². The second-order valence-electron chi connectivity index (χ2n) is 5.30. The lowest BCUT2D eigenvalue weighted by Gasteiger charge is -2.13. The van der Waals surface area contributed by atoms with Gasteiger partial charge in [0.15, 0.2) is 0 Å². The Morgan fingerprint density at radius 3 is 2.52 bits per heavy atom. The smallest absolute Gasteiger partial charge is 0.319 e. The standard InChI is InChI=1S/C17H20N4O2/c1-12(2)20-17(23)21-15-9-4-3-8-14(15)16(22)19-11-13-7-5-6-10-18-13/h3-10,12H,11H2,1-2H3,(H,19,22)(H2,20,21,23). The highest BCUT2D eigenvalue weighted by atomic mass is 16.2. The highest BCUT2D eigenvalue weighted by molar-refractivity contribution is 6.03. The number of nitrogens with zero attached hydrogens (tertiary/aromatic N) is 1. The van der Waals surface area contributed by atoms with Crippen molar-refractivity contribution in [2.45, 2.75) is 26.4 Å². The van der Waals surface area contributed by atoms with Gasteiger partial charge in [0.25, 0.3) is 5.91 Å². The molecule has 0 radical (unpaired) electrons. The topological polar surface area (TPSA) is 83.1 Å². The van der Waals surface area contributed by atoms with E-state index in [2.05, 4.69) is 20.9 Å². The van der Waals surface area contributed by atoms with Crippen LogP contribution in [0.3, 0.4) is 0 Å². The first-order valence-corrected chi connectivity index (χ1v) is 7.41. The molecule has 1 aromatic carbocycles. The SMILES string of the molecule is CC(C)NC(=O)Nc1ccccc1C(=O)NCc1ccccn1. The number of anilines is 1. The number of urea groups is 1. The summed E-state index contributed by atoms with van der Waals surface area (Å²) in [6.45, 7) is 4.06. The van der Waals surface area contributed by atoms with Gasteiger partial charge in [-0.3, -0.25) is 9.78 Å². The lowest BCUT2D eigenvalue weighted by molar-refractivity contribution is 0.0951. The minimum atomic E-state index is -0.343. The van der Waals surface area contributed by atoms with Gasteiger partial charge in [0.2, 0.25) is 0 Å². The van der Waals surface area contributed by atoms with Crippen LogP contribution in [0.4, 0.5) is 10.5 Å².